The first kappa shape index (κ1) is 10.6. The second-order valence-corrected chi connectivity index (χ2v) is 3.66. The zero-order valence-electron chi connectivity index (χ0n) is 7.83. The van der Waals surface area contributed by atoms with Gasteiger partial charge in [-0.15, -0.1) is 0 Å². The molecule has 0 fully saturated rings. The Labute approximate surface area is 84.4 Å². The quantitative estimate of drug-likeness (QED) is 0.789. The summed E-state index contributed by atoms with van der Waals surface area (Å²) in [6.45, 7) is 1.99. The van der Waals surface area contributed by atoms with Crippen molar-refractivity contribution in [3.8, 4) is 0 Å². The minimum atomic E-state index is -0.171. The average Bonchev–Trinajstić information content (AvgIpc) is 2.16. The minimum Gasteiger partial charge on any atom is -0.393 e. The smallest absolute Gasteiger partial charge is 0.0540 e. The number of halogens is 1. The Hall–Kier alpha value is -0.530. The molecule has 1 aromatic rings. The van der Waals surface area contributed by atoms with Crippen molar-refractivity contribution in [1.29, 1.82) is 0 Å². The summed E-state index contributed by atoms with van der Waals surface area (Å²) in [5, 5.41) is 10.1. The summed E-state index contributed by atoms with van der Waals surface area (Å²) in [5.41, 5.74) is 1.23. The predicted octanol–water partition coefficient (Wildman–Crippen LogP) is 3.04. The topological polar surface area (TPSA) is 20.2 Å². The van der Waals surface area contributed by atoms with Crippen LogP contribution in [0.2, 0.25) is 5.02 Å². The molecule has 0 saturated carbocycles. The summed E-state index contributed by atoms with van der Waals surface area (Å²) < 4.78 is 0. The van der Waals surface area contributed by atoms with Crippen molar-refractivity contribution in [1.82, 2.24) is 0 Å². The molecule has 0 aromatic heterocycles. The molecule has 0 aliphatic carbocycles. The predicted molar refractivity (Wildman–Crippen MR) is 56.1 cm³/mol. The Morgan fingerprint density at radius 3 is 2.46 bits per heavy atom. The van der Waals surface area contributed by atoms with Crippen LogP contribution in [0.5, 0.6) is 0 Å². The lowest BCUT2D eigenvalue weighted by molar-refractivity contribution is 0.160. The molecule has 13 heavy (non-hydrogen) atoms. The second-order valence-electron chi connectivity index (χ2n) is 3.23. The minimum absolute atomic E-state index is 0.171. The summed E-state index contributed by atoms with van der Waals surface area (Å²) >= 11 is 5.75. The molecule has 1 atom stereocenters. The van der Waals surface area contributed by atoms with Crippen LogP contribution in [-0.4, -0.2) is 11.2 Å². The van der Waals surface area contributed by atoms with Gasteiger partial charge in [-0.3, -0.25) is 0 Å². The number of hydrogen-bond acceptors (Lipinski definition) is 1. The van der Waals surface area contributed by atoms with Gasteiger partial charge < -0.3 is 5.11 Å². The highest BCUT2D eigenvalue weighted by molar-refractivity contribution is 6.30. The molecule has 1 rings (SSSR count). The van der Waals surface area contributed by atoms with Crippen LogP contribution in [0, 0.1) is 0 Å². The molecular weight excluding hydrogens is 184 g/mol. The van der Waals surface area contributed by atoms with Crippen LogP contribution in [0.15, 0.2) is 24.3 Å². The van der Waals surface area contributed by atoms with Gasteiger partial charge >= 0.3 is 0 Å². The van der Waals surface area contributed by atoms with Gasteiger partial charge in [-0.2, -0.15) is 0 Å². The summed E-state index contributed by atoms with van der Waals surface area (Å²) in [6, 6.07) is 7.78. The van der Waals surface area contributed by atoms with Crippen LogP contribution in [0.25, 0.3) is 0 Å². The Kier molecular flexibility index (Phi) is 4.26. The van der Waals surface area contributed by atoms with Gasteiger partial charge in [0.05, 0.1) is 6.10 Å². The number of benzene rings is 1. The van der Waals surface area contributed by atoms with E-state index in [0.29, 0.717) is 0 Å². The van der Waals surface area contributed by atoms with Gasteiger partial charge in [0.1, 0.15) is 0 Å². The Bertz CT molecular complexity index is 243. The maximum Gasteiger partial charge on any atom is 0.0540 e. The number of aliphatic hydroxyl groups is 1. The molecule has 1 nitrogen and oxygen atoms in total. The maximum atomic E-state index is 9.35. The molecule has 2 heteroatoms. The van der Waals surface area contributed by atoms with E-state index in [-0.39, 0.29) is 6.10 Å². The van der Waals surface area contributed by atoms with E-state index in [4.69, 9.17) is 11.6 Å². The molecule has 1 unspecified atom stereocenters. The molecule has 0 amide bonds. The third-order valence-corrected chi connectivity index (χ3v) is 2.40. The van der Waals surface area contributed by atoms with Crippen LogP contribution >= 0.6 is 11.6 Å². The van der Waals surface area contributed by atoms with Crippen molar-refractivity contribution in [2.24, 2.45) is 0 Å². The molecule has 0 aliphatic rings. The van der Waals surface area contributed by atoms with E-state index >= 15 is 0 Å². The zero-order chi connectivity index (χ0) is 9.68. The molecule has 0 heterocycles. The van der Waals surface area contributed by atoms with Gasteiger partial charge in [0.25, 0.3) is 0 Å². The van der Waals surface area contributed by atoms with Crippen molar-refractivity contribution in [2.45, 2.75) is 32.3 Å². The molecule has 72 valence electrons. The van der Waals surface area contributed by atoms with Crippen LogP contribution in [0.1, 0.15) is 25.3 Å². The van der Waals surface area contributed by atoms with Gasteiger partial charge in [-0.25, -0.2) is 0 Å². The van der Waals surface area contributed by atoms with Crippen molar-refractivity contribution in [3.05, 3.63) is 34.9 Å². The summed E-state index contributed by atoms with van der Waals surface area (Å²) in [7, 11) is 0. The van der Waals surface area contributed by atoms with Gasteiger partial charge in [0.2, 0.25) is 0 Å². The summed E-state index contributed by atoms with van der Waals surface area (Å²) in [5.74, 6) is 0. The molecule has 0 spiro atoms. The van der Waals surface area contributed by atoms with Gasteiger partial charge in [-0.1, -0.05) is 30.7 Å². The highest BCUT2D eigenvalue weighted by Crippen LogP contribution is 2.12. The molecular formula is C11H15ClO. The molecule has 0 bridgehead atoms. The van der Waals surface area contributed by atoms with Crippen LogP contribution < -0.4 is 0 Å². The maximum absolute atomic E-state index is 9.35. The van der Waals surface area contributed by atoms with E-state index in [1.807, 2.05) is 31.2 Å². The van der Waals surface area contributed by atoms with E-state index in [2.05, 4.69) is 0 Å². The van der Waals surface area contributed by atoms with Gasteiger partial charge in [0, 0.05) is 5.02 Å². The normalized spacial score (nSPS) is 12.8. The third-order valence-electron chi connectivity index (χ3n) is 2.15. The lowest BCUT2D eigenvalue weighted by Gasteiger charge is -2.06. The van der Waals surface area contributed by atoms with E-state index in [1.54, 1.807) is 0 Å². The van der Waals surface area contributed by atoms with Gasteiger partial charge in [0.15, 0.2) is 0 Å². The van der Waals surface area contributed by atoms with E-state index in [9.17, 15) is 5.11 Å². The highest BCUT2D eigenvalue weighted by atomic mass is 35.5. The zero-order valence-corrected chi connectivity index (χ0v) is 8.59. The SMILES string of the molecule is CCC(O)CCc1ccc(Cl)cc1. The average molecular weight is 199 g/mol. The van der Waals surface area contributed by atoms with Crippen molar-refractivity contribution >= 4 is 11.6 Å². The largest absolute Gasteiger partial charge is 0.393 e. The molecule has 0 aliphatic heterocycles. The fourth-order valence-corrected chi connectivity index (χ4v) is 1.31. The number of hydrogen-bond donors (Lipinski definition) is 1. The molecule has 0 radical (unpaired) electrons. The van der Waals surface area contributed by atoms with Crippen LogP contribution in [-0.2, 0) is 6.42 Å². The van der Waals surface area contributed by atoms with Crippen molar-refractivity contribution in [2.75, 3.05) is 0 Å². The first-order chi connectivity index (χ1) is 6.22. The Balaban J connectivity index is 2.41. The lowest BCUT2D eigenvalue weighted by atomic mass is 10.1. The number of aliphatic hydroxyl groups excluding tert-OH is 1. The van der Waals surface area contributed by atoms with E-state index < -0.39 is 0 Å². The molecule has 1 N–H and O–H groups in total. The first-order valence-electron chi connectivity index (χ1n) is 4.65. The lowest BCUT2D eigenvalue weighted by Crippen LogP contribution is -2.05. The van der Waals surface area contributed by atoms with Gasteiger partial charge in [-0.05, 0) is 37.0 Å². The number of rotatable bonds is 4. The standard InChI is InChI=1S/C11H15ClO/c1-2-11(13)8-5-9-3-6-10(12)7-4-9/h3-4,6-7,11,13H,2,5,8H2,1H3. The van der Waals surface area contributed by atoms with Crippen LogP contribution in [0.4, 0.5) is 0 Å². The van der Waals surface area contributed by atoms with E-state index in [1.165, 1.54) is 5.56 Å². The highest BCUT2D eigenvalue weighted by Gasteiger charge is 2.00. The Morgan fingerprint density at radius 2 is 1.92 bits per heavy atom. The molecule has 0 saturated heterocycles. The summed E-state index contributed by atoms with van der Waals surface area (Å²) in [6.07, 6.45) is 2.41. The third kappa shape index (κ3) is 3.79. The fraction of sp³-hybridized carbons (Fsp3) is 0.455. The van der Waals surface area contributed by atoms with Crippen LogP contribution in [0.3, 0.4) is 0 Å². The first-order valence-corrected chi connectivity index (χ1v) is 5.02. The van der Waals surface area contributed by atoms with Crippen molar-refractivity contribution < 1.29 is 5.11 Å². The van der Waals surface area contributed by atoms with Crippen molar-refractivity contribution in [3.63, 3.8) is 0 Å². The fourth-order valence-electron chi connectivity index (χ4n) is 1.19. The monoisotopic (exact) mass is 198 g/mol. The molecule has 1 aromatic carbocycles. The number of aryl methyl sites for hydroxylation is 1. The summed E-state index contributed by atoms with van der Waals surface area (Å²) in [4.78, 5) is 0. The van der Waals surface area contributed by atoms with E-state index in [0.717, 1.165) is 24.3 Å². The Morgan fingerprint density at radius 1 is 1.31 bits per heavy atom. The second kappa shape index (κ2) is 5.25.